The van der Waals surface area contributed by atoms with E-state index >= 15 is 0 Å². The summed E-state index contributed by atoms with van der Waals surface area (Å²) in [6.45, 7) is 9.09. The first-order valence-electron chi connectivity index (χ1n) is 9.54. The van der Waals surface area contributed by atoms with Crippen LogP contribution in [0.1, 0.15) is 39.5 Å². The van der Waals surface area contributed by atoms with E-state index in [4.69, 9.17) is 4.74 Å². The summed E-state index contributed by atoms with van der Waals surface area (Å²) in [7, 11) is 0. The van der Waals surface area contributed by atoms with Gasteiger partial charge in [0.05, 0.1) is 5.41 Å². The monoisotopic (exact) mass is 346 g/mol. The molecule has 0 radical (unpaired) electrons. The van der Waals surface area contributed by atoms with Gasteiger partial charge in [-0.3, -0.25) is 9.69 Å². The smallest absolute Gasteiger partial charge is 0.312 e. The molecular formula is C20H30N2O3. The number of phenolic OH excluding ortho intramolecular Hbond substituents is 1. The third-order valence-corrected chi connectivity index (χ3v) is 6.01. The largest absolute Gasteiger partial charge is 0.508 e. The molecule has 5 heteroatoms. The lowest BCUT2D eigenvalue weighted by molar-refractivity contribution is -0.149. The summed E-state index contributed by atoms with van der Waals surface area (Å²) < 4.78 is 5.65. The molecule has 5 nitrogen and oxygen atoms in total. The minimum Gasteiger partial charge on any atom is -0.508 e. The van der Waals surface area contributed by atoms with E-state index in [1.807, 2.05) is 18.2 Å². The van der Waals surface area contributed by atoms with Gasteiger partial charge in [-0.2, -0.15) is 0 Å². The van der Waals surface area contributed by atoms with Crippen LogP contribution in [0.5, 0.6) is 5.75 Å². The fourth-order valence-corrected chi connectivity index (χ4v) is 4.07. The predicted octanol–water partition coefficient (Wildman–Crippen LogP) is 3.03. The molecule has 2 aliphatic rings. The maximum Gasteiger partial charge on any atom is 0.312 e. The van der Waals surface area contributed by atoms with Gasteiger partial charge in [0, 0.05) is 50.9 Å². The third-order valence-electron chi connectivity index (χ3n) is 6.01. The summed E-state index contributed by atoms with van der Waals surface area (Å²) in [5.74, 6) is 0.328. The zero-order valence-corrected chi connectivity index (χ0v) is 15.4. The average Bonchev–Trinajstić information content (AvgIpc) is 2.96. The number of cyclic esters (lactones) is 1. The molecule has 1 aromatic carbocycles. The molecule has 2 fully saturated rings. The topological polar surface area (TPSA) is 53.0 Å². The van der Waals surface area contributed by atoms with Crippen molar-refractivity contribution in [2.24, 2.45) is 5.41 Å². The van der Waals surface area contributed by atoms with Crippen molar-refractivity contribution in [3.05, 3.63) is 24.3 Å². The highest BCUT2D eigenvalue weighted by molar-refractivity contribution is 5.78. The standard InChI is InChI=1S/C20H30N2O3/c1-3-20(4-2)15-18(25-19(20)24)8-9-21-10-12-22(13-11-21)16-6-5-7-17(23)14-16/h5-7,14,18,23H,3-4,8-13,15H2,1-2H3/t18-/m1/s1. The Kier molecular flexibility index (Phi) is 5.52. The Hall–Kier alpha value is -1.75. The van der Waals surface area contributed by atoms with Gasteiger partial charge in [-0.15, -0.1) is 0 Å². The number of ether oxygens (including phenoxy) is 1. The number of aromatic hydroxyl groups is 1. The Morgan fingerprint density at radius 3 is 2.52 bits per heavy atom. The van der Waals surface area contributed by atoms with Crippen molar-refractivity contribution in [1.29, 1.82) is 0 Å². The third kappa shape index (κ3) is 3.92. The number of phenols is 1. The quantitative estimate of drug-likeness (QED) is 0.803. The van der Waals surface area contributed by atoms with Crippen LogP contribution in [-0.2, 0) is 9.53 Å². The van der Waals surface area contributed by atoms with E-state index < -0.39 is 0 Å². The van der Waals surface area contributed by atoms with Gasteiger partial charge in [0.1, 0.15) is 11.9 Å². The van der Waals surface area contributed by atoms with Crippen molar-refractivity contribution < 1.29 is 14.6 Å². The molecule has 2 heterocycles. The van der Waals surface area contributed by atoms with Crippen molar-refractivity contribution >= 4 is 11.7 Å². The van der Waals surface area contributed by atoms with Crippen LogP contribution in [-0.4, -0.2) is 54.8 Å². The highest BCUT2D eigenvalue weighted by Crippen LogP contribution is 2.41. The van der Waals surface area contributed by atoms with Gasteiger partial charge < -0.3 is 14.7 Å². The molecule has 2 saturated heterocycles. The predicted molar refractivity (Wildman–Crippen MR) is 98.9 cm³/mol. The average molecular weight is 346 g/mol. The Morgan fingerprint density at radius 2 is 1.92 bits per heavy atom. The maximum atomic E-state index is 12.2. The van der Waals surface area contributed by atoms with E-state index in [0.29, 0.717) is 5.75 Å². The van der Waals surface area contributed by atoms with Crippen LogP contribution in [0.15, 0.2) is 24.3 Å². The number of hydrogen-bond acceptors (Lipinski definition) is 5. The normalized spacial score (nSPS) is 23.7. The lowest BCUT2D eigenvalue weighted by Crippen LogP contribution is -2.47. The Labute approximate surface area is 150 Å². The van der Waals surface area contributed by atoms with E-state index in [1.54, 1.807) is 6.07 Å². The number of piperazine rings is 1. The molecular weight excluding hydrogens is 316 g/mol. The van der Waals surface area contributed by atoms with Gasteiger partial charge in [-0.25, -0.2) is 0 Å². The number of hydrogen-bond donors (Lipinski definition) is 1. The number of rotatable bonds is 6. The van der Waals surface area contributed by atoms with Gasteiger partial charge >= 0.3 is 5.97 Å². The summed E-state index contributed by atoms with van der Waals surface area (Å²) in [5, 5.41) is 9.63. The zero-order valence-electron chi connectivity index (χ0n) is 15.4. The Morgan fingerprint density at radius 1 is 1.20 bits per heavy atom. The van der Waals surface area contributed by atoms with Crippen LogP contribution in [0.3, 0.4) is 0 Å². The Bertz CT molecular complexity index is 592. The lowest BCUT2D eigenvalue weighted by atomic mass is 9.79. The number of benzene rings is 1. The molecule has 1 atom stereocenters. The van der Waals surface area contributed by atoms with Crippen molar-refractivity contribution in [1.82, 2.24) is 4.90 Å². The summed E-state index contributed by atoms with van der Waals surface area (Å²) in [6.07, 6.45) is 3.64. The van der Waals surface area contributed by atoms with Gasteiger partial charge in [-0.1, -0.05) is 19.9 Å². The summed E-state index contributed by atoms with van der Waals surface area (Å²) in [4.78, 5) is 16.9. The molecule has 0 amide bonds. The number of nitrogens with zero attached hydrogens (tertiary/aromatic N) is 2. The van der Waals surface area contributed by atoms with E-state index in [1.165, 1.54) is 0 Å². The van der Waals surface area contributed by atoms with E-state index in [-0.39, 0.29) is 17.5 Å². The number of carbonyl (C=O) groups is 1. The molecule has 3 rings (SSSR count). The highest BCUT2D eigenvalue weighted by atomic mass is 16.6. The second-order valence-electron chi connectivity index (χ2n) is 7.36. The molecule has 0 saturated carbocycles. The van der Waals surface area contributed by atoms with Crippen LogP contribution in [0, 0.1) is 5.41 Å². The summed E-state index contributed by atoms with van der Waals surface area (Å²) >= 11 is 0. The van der Waals surface area contributed by atoms with Crippen molar-refractivity contribution in [3.63, 3.8) is 0 Å². The first kappa shape index (κ1) is 18.1. The van der Waals surface area contributed by atoms with E-state index in [0.717, 1.165) is 64.1 Å². The highest BCUT2D eigenvalue weighted by Gasteiger charge is 2.46. The number of carbonyl (C=O) groups excluding carboxylic acids is 1. The second-order valence-corrected chi connectivity index (χ2v) is 7.36. The van der Waals surface area contributed by atoms with Gasteiger partial charge in [0.2, 0.25) is 0 Å². The minimum atomic E-state index is -0.237. The molecule has 1 N–H and O–H groups in total. The van der Waals surface area contributed by atoms with Gasteiger partial charge in [0.15, 0.2) is 0 Å². The summed E-state index contributed by atoms with van der Waals surface area (Å²) in [5.41, 5.74) is 0.846. The molecule has 25 heavy (non-hydrogen) atoms. The summed E-state index contributed by atoms with van der Waals surface area (Å²) in [6, 6.07) is 7.46. The second kappa shape index (κ2) is 7.65. The van der Waals surface area contributed by atoms with Crippen LogP contribution >= 0.6 is 0 Å². The molecule has 0 aliphatic carbocycles. The van der Waals surface area contributed by atoms with Crippen LogP contribution < -0.4 is 4.90 Å². The first-order valence-corrected chi connectivity index (χ1v) is 9.54. The van der Waals surface area contributed by atoms with Crippen LogP contribution in [0.25, 0.3) is 0 Å². The van der Waals surface area contributed by atoms with E-state index in [9.17, 15) is 9.90 Å². The zero-order chi connectivity index (χ0) is 17.9. The minimum absolute atomic E-state index is 0.0104. The molecule has 2 aliphatic heterocycles. The number of esters is 1. The van der Waals surface area contributed by atoms with E-state index in [2.05, 4.69) is 23.6 Å². The number of anilines is 1. The molecule has 0 spiro atoms. The lowest BCUT2D eigenvalue weighted by Gasteiger charge is -2.36. The fraction of sp³-hybridized carbons (Fsp3) is 0.650. The van der Waals surface area contributed by atoms with Crippen molar-refractivity contribution in [2.75, 3.05) is 37.6 Å². The molecule has 0 unspecified atom stereocenters. The Balaban J connectivity index is 1.45. The van der Waals surface area contributed by atoms with Crippen molar-refractivity contribution in [2.45, 2.75) is 45.6 Å². The maximum absolute atomic E-state index is 12.2. The van der Waals surface area contributed by atoms with Gasteiger partial charge in [-0.05, 0) is 31.4 Å². The molecule has 1 aromatic rings. The molecule has 0 aromatic heterocycles. The van der Waals surface area contributed by atoms with Crippen LogP contribution in [0.2, 0.25) is 0 Å². The van der Waals surface area contributed by atoms with Crippen molar-refractivity contribution in [3.8, 4) is 5.75 Å². The SMILES string of the molecule is CCC1(CC)C[C@@H](CCN2CCN(c3cccc(O)c3)CC2)OC1=O. The van der Waals surface area contributed by atoms with Crippen LogP contribution in [0.4, 0.5) is 5.69 Å². The fourth-order valence-electron chi connectivity index (χ4n) is 4.07. The molecule has 0 bridgehead atoms. The van der Waals surface area contributed by atoms with Gasteiger partial charge in [0.25, 0.3) is 0 Å². The first-order chi connectivity index (χ1) is 12.1. The molecule has 138 valence electrons.